The van der Waals surface area contributed by atoms with Crippen LogP contribution in [-0.4, -0.2) is 98.5 Å². The summed E-state index contributed by atoms with van der Waals surface area (Å²) in [6.45, 7) is -0.141. The Labute approximate surface area is 170 Å². The maximum atomic E-state index is 10.5. The first-order valence-electron chi connectivity index (χ1n) is 10.8. The minimum atomic E-state index is -1.39. The zero-order chi connectivity index (χ0) is 20.7. The summed E-state index contributed by atoms with van der Waals surface area (Å²) in [5, 5.41) is 60.3. The molecule has 0 amide bonds. The second-order valence-corrected chi connectivity index (χ2v) is 9.22. The van der Waals surface area contributed by atoms with Crippen molar-refractivity contribution in [3.8, 4) is 0 Å². The maximum absolute atomic E-state index is 10.5. The number of ether oxygens (including phenoxy) is 3. The highest BCUT2D eigenvalue weighted by Crippen LogP contribution is 2.43. The van der Waals surface area contributed by atoms with Gasteiger partial charge in [0.25, 0.3) is 0 Å². The van der Waals surface area contributed by atoms with Gasteiger partial charge in [0.15, 0.2) is 6.29 Å². The van der Waals surface area contributed by atoms with Crippen LogP contribution in [0.3, 0.4) is 0 Å². The predicted octanol–water partition coefficient (Wildman–Crippen LogP) is -1.35. The molecule has 0 aromatic carbocycles. The summed E-state index contributed by atoms with van der Waals surface area (Å²) in [5.74, 6) is -0.0399. The average Bonchev–Trinajstić information content (AvgIpc) is 2.69. The standard InChI is InChI=1S/C20H34O9/c21-10-3-1-9(2-4-10)19-16(29-20-18(26)17(25)14(24)8-27-20)7-12-13(23)5-11(22)6-15(12)28-19/h9-26H,1-8H2. The van der Waals surface area contributed by atoms with Crippen LogP contribution in [0.4, 0.5) is 0 Å². The SMILES string of the molecule is OC1CCC(C2OC3CC(O)CC(O)C3CC2OC2OCC(O)C(O)C2O)CC1. The van der Waals surface area contributed by atoms with Crippen molar-refractivity contribution in [2.45, 2.75) is 106 Å². The third-order valence-electron chi connectivity index (χ3n) is 7.16. The van der Waals surface area contributed by atoms with E-state index in [-0.39, 0.29) is 36.8 Å². The van der Waals surface area contributed by atoms with E-state index in [1.165, 1.54) is 0 Å². The first-order chi connectivity index (χ1) is 13.8. The molecule has 2 saturated carbocycles. The molecule has 2 aliphatic heterocycles. The molecule has 4 aliphatic rings. The zero-order valence-corrected chi connectivity index (χ0v) is 16.5. The van der Waals surface area contributed by atoms with Gasteiger partial charge in [-0.2, -0.15) is 0 Å². The Hall–Kier alpha value is -0.360. The first-order valence-corrected chi connectivity index (χ1v) is 10.8. The Morgan fingerprint density at radius 1 is 0.724 bits per heavy atom. The van der Waals surface area contributed by atoms with E-state index in [1.807, 2.05) is 0 Å². The van der Waals surface area contributed by atoms with Gasteiger partial charge in [-0.15, -0.1) is 0 Å². The van der Waals surface area contributed by atoms with Crippen LogP contribution in [0.1, 0.15) is 44.9 Å². The Morgan fingerprint density at radius 3 is 2.17 bits per heavy atom. The summed E-state index contributed by atoms with van der Waals surface area (Å²) < 4.78 is 17.9. The molecule has 0 bridgehead atoms. The molecule has 6 N–H and O–H groups in total. The van der Waals surface area contributed by atoms with Gasteiger partial charge in [0.1, 0.15) is 18.3 Å². The van der Waals surface area contributed by atoms with Crippen molar-refractivity contribution in [2.24, 2.45) is 11.8 Å². The summed E-state index contributed by atoms with van der Waals surface area (Å²) in [6, 6.07) is 0. The normalized spacial score (nSPS) is 54.0. The summed E-state index contributed by atoms with van der Waals surface area (Å²) in [6.07, 6.45) is -3.48. The number of aliphatic hydroxyl groups is 6. The first kappa shape index (κ1) is 21.9. The second-order valence-electron chi connectivity index (χ2n) is 9.22. The monoisotopic (exact) mass is 418 g/mol. The smallest absolute Gasteiger partial charge is 0.186 e. The van der Waals surface area contributed by atoms with Gasteiger partial charge in [0.2, 0.25) is 0 Å². The van der Waals surface area contributed by atoms with Gasteiger partial charge in [0.05, 0.1) is 43.2 Å². The Kier molecular flexibility index (Phi) is 6.80. The lowest BCUT2D eigenvalue weighted by molar-refractivity contribution is -0.312. The summed E-state index contributed by atoms with van der Waals surface area (Å²) >= 11 is 0. The molecule has 29 heavy (non-hydrogen) atoms. The lowest BCUT2D eigenvalue weighted by atomic mass is 9.73. The lowest BCUT2D eigenvalue weighted by Gasteiger charge is -2.50. The predicted molar refractivity (Wildman–Crippen MR) is 98.6 cm³/mol. The molecule has 4 fully saturated rings. The van der Waals surface area contributed by atoms with Crippen LogP contribution in [0, 0.1) is 11.8 Å². The van der Waals surface area contributed by atoms with Crippen molar-refractivity contribution < 1.29 is 44.8 Å². The van der Waals surface area contributed by atoms with E-state index in [9.17, 15) is 30.6 Å². The molecule has 0 spiro atoms. The van der Waals surface area contributed by atoms with Crippen LogP contribution in [0.15, 0.2) is 0 Å². The molecule has 0 radical (unpaired) electrons. The molecule has 2 aliphatic carbocycles. The van der Waals surface area contributed by atoms with Crippen LogP contribution in [-0.2, 0) is 14.2 Å². The van der Waals surface area contributed by atoms with Gasteiger partial charge in [-0.1, -0.05) is 0 Å². The topological polar surface area (TPSA) is 149 Å². The molecule has 168 valence electrons. The lowest BCUT2D eigenvalue weighted by Crippen LogP contribution is -2.59. The van der Waals surface area contributed by atoms with Crippen LogP contribution < -0.4 is 0 Å². The van der Waals surface area contributed by atoms with E-state index >= 15 is 0 Å². The van der Waals surface area contributed by atoms with Gasteiger partial charge in [-0.25, -0.2) is 0 Å². The van der Waals surface area contributed by atoms with Crippen molar-refractivity contribution in [3.05, 3.63) is 0 Å². The summed E-state index contributed by atoms with van der Waals surface area (Å²) in [4.78, 5) is 0. The zero-order valence-electron chi connectivity index (χ0n) is 16.5. The van der Waals surface area contributed by atoms with Crippen LogP contribution in [0.2, 0.25) is 0 Å². The highest BCUT2D eigenvalue weighted by molar-refractivity contribution is 4.97. The Bertz CT molecular complexity index is 540. The number of hydrogen-bond donors (Lipinski definition) is 6. The molecule has 4 rings (SSSR count). The van der Waals surface area contributed by atoms with Crippen LogP contribution in [0.5, 0.6) is 0 Å². The Balaban J connectivity index is 1.50. The van der Waals surface area contributed by atoms with Crippen molar-refractivity contribution in [2.75, 3.05) is 6.61 Å². The van der Waals surface area contributed by atoms with Crippen LogP contribution >= 0.6 is 0 Å². The Morgan fingerprint density at radius 2 is 1.45 bits per heavy atom. The maximum Gasteiger partial charge on any atom is 0.186 e. The minimum Gasteiger partial charge on any atom is -0.393 e. The third kappa shape index (κ3) is 4.63. The molecular weight excluding hydrogens is 384 g/mol. The van der Waals surface area contributed by atoms with Crippen molar-refractivity contribution in [1.82, 2.24) is 0 Å². The van der Waals surface area contributed by atoms with Crippen molar-refractivity contribution in [1.29, 1.82) is 0 Å². The highest BCUT2D eigenvalue weighted by atomic mass is 16.7. The molecule has 0 aromatic rings. The second kappa shape index (κ2) is 9.02. The fourth-order valence-electron chi connectivity index (χ4n) is 5.45. The van der Waals surface area contributed by atoms with Gasteiger partial charge < -0.3 is 44.8 Å². The van der Waals surface area contributed by atoms with Crippen molar-refractivity contribution in [3.63, 3.8) is 0 Å². The largest absolute Gasteiger partial charge is 0.393 e. The van der Waals surface area contributed by atoms with E-state index in [2.05, 4.69) is 0 Å². The number of aliphatic hydroxyl groups excluding tert-OH is 6. The number of fused-ring (bicyclic) bond motifs is 1. The van der Waals surface area contributed by atoms with Gasteiger partial charge in [-0.3, -0.25) is 0 Å². The number of hydrogen-bond acceptors (Lipinski definition) is 9. The van der Waals surface area contributed by atoms with Crippen LogP contribution in [0.25, 0.3) is 0 Å². The molecule has 9 nitrogen and oxygen atoms in total. The van der Waals surface area contributed by atoms with E-state index in [0.717, 1.165) is 12.8 Å². The fourth-order valence-corrected chi connectivity index (χ4v) is 5.45. The molecule has 10 unspecified atom stereocenters. The molecular formula is C20H34O9. The van der Waals surface area contributed by atoms with E-state index in [0.29, 0.717) is 32.1 Å². The molecule has 2 saturated heterocycles. The van der Waals surface area contributed by atoms with Gasteiger partial charge in [-0.05, 0) is 50.9 Å². The number of rotatable bonds is 3. The average molecular weight is 418 g/mol. The molecule has 0 aromatic heterocycles. The van der Waals surface area contributed by atoms with E-state index < -0.39 is 42.9 Å². The highest BCUT2D eigenvalue weighted by Gasteiger charge is 2.50. The van der Waals surface area contributed by atoms with Gasteiger partial charge >= 0.3 is 0 Å². The van der Waals surface area contributed by atoms with E-state index in [1.54, 1.807) is 0 Å². The quantitative estimate of drug-likeness (QED) is 0.327. The summed E-state index contributed by atoms with van der Waals surface area (Å²) in [5.41, 5.74) is 0. The third-order valence-corrected chi connectivity index (χ3v) is 7.16. The van der Waals surface area contributed by atoms with Gasteiger partial charge in [0, 0.05) is 5.92 Å². The fraction of sp³-hybridized carbons (Fsp3) is 1.00. The van der Waals surface area contributed by atoms with Crippen molar-refractivity contribution >= 4 is 0 Å². The van der Waals surface area contributed by atoms with E-state index in [4.69, 9.17) is 14.2 Å². The molecule has 9 heteroatoms. The summed E-state index contributed by atoms with van der Waals surface area (Å²) in [7, 11) is 0. The molecule has 2 heterocycles. The minimum absolute atomic E-state index is 0.141. The molecule has 10 atom stereocenters.